The van der Waals surface area contributed by atoms with E-state index in [4.69, 9.17) is 0 Å². The fourth-order valence-corrected chi connectivity index (χ4v) is 3.59. The lowest BCUT2D eigenvalue weighted by Gasteiger charge is -2.21. The van der Waals surface area contributed by atoms with Crippen LogP contribution in [-0.4, -0.2) is 11.0 Å². The summed E-state index contributed by atoms with van der Waals surface area (Å²) >= 11 is 1.79. The second kappa shape index (κ2) is 5.70. The van der Waals surface area contributed by atoms with E-state index in [1.807, 2.05) is 6.20 Å². The lowest BCUT2D eigenvalue weighted by molar-refractivity contribution is 0.471. The van der Waals surface area contributed by atoms with E-state index >= 15 is 0 Å². The number of anilines is 1. The van der Waals surface area contributed by atoms with Crippen LogP contribution in [0.3, 0.4) is 0 Å². The van der Waals surface area contributed by atoms with Gasteiger partial charge in [-0.2, -0.15) is 0 Å². The third kappa shape index (κ3) is 2.66. The minimum Gasteiger partial charge on any atom is -0.367 e. The highest BCUT2D eigenvalue weighted by Gasteiger charge is 2.13. The Bertz CT molecular complexity index is 498. The van der Waals surface area contributed by atoms with Crippen molar-refractivity contribution in [3.63, 3.8) is 0 Å². The van der Waals surface area contributed by atoms with Crippen molar-refractivity contribution < 1.29 is 0 Å². The second-order valence-electron chi connectivity index (χ2n) is 5.18. The Balaban J connectivity index is 1.76. The maximum atomic E-state index is 4.52. The Morgan fingerprint density at radius 1 is 1.06 bits per heavy atom. The van der Waals surface area contributed by atoms with Crippen LogP contribution in [0.5, 0.6) is 0 Å². The molecule has 0 unspecified atom stereocenters. The number of rotatable bonds is 2. The summed E-state index contributed by atoms with van der Waals surface area (Å²) in [5.41, 5.74) is 0. The first-order valence-electron chi connectivity index (χ1n) is 7.02. The SMILES string of the molecule is c1cc2sccc2c(NC2CCCCCCC2)n1. The number of nitrogens with zero attached hydrogens (tertiary/aromatic N) is 1. The first kappa shape index (κ1) is 12.0. The summed E-state index contributed by atoms with van der Waals surface area (Å²) in [6.07, 6.45) is 11.4. The third-order valence-corrected chi connectivity index (χ3v) is 4.71. The van der Waals surface area contributed by atoms with Gasteiger partial charge in [0.2, 0.25) is 0 Å². The van der Waals surface area contributed by atoms with Gasteiger partial charge in [0.25, 0.3) is 0 Å². The third-order valence-electron chi connectivity index (χ3n) is 3.83. The molecule has 18 heavy (non-hydrogen) atoms. The lowest BCUT2D eigenvalue weighted by atomic mass is 9.97. The van der Waals surface area contributed by atoms with Crippen LogP contribution in [0.25, 0.3) is 10.1 Å². The van der Waals surface area contributed by atoms with E-state index in [1.54, 1.807) is 11.3 Å². The normalized spacial score (nSPS) is 18.4. The summed E-state index contributed by atoms with van der Waals surface area (Å²) in [4.78, 5) is 4.52. The number of thiophene rings is 1. The first-order valence-corrected chi connectivity index (χ1v) is 7.90. The van der Waals surface area contributed by atoms with E-state index in [9.17, 15) is 0 Å². The predicted octanol–water partition coefficient (Wildman–Crippen LogP) is 4.82. The van der Waals surface area contributed by atoms with Crippen LogP contribution >= 0.6 is 11.3 Å². The van der Waals surface area contributed by atoms with Crippen LogP contribution < -0.4 is 5.32 Å². The van der Waals surface area contributed by atoms with Gasteiger partial charge < -0.3 is 5.32 Å². The number of hydrogen-bond acceptors (Lipinski definition) is 3. The fraction of sp³-hybridized carbons (Fsp3) is 0.533. The number of hydrogen-bond donors (Lipinski definition) is 1. The van der Waals surface area contributed by atoms with Crippen LogP contribution in [0.4, 0.5) is 5.82 Å². The summed E-state index contributed by atoms with van der Waals surface area (Å²) in [5.74, 6) is 1.08. The molecule has 3 heteroatoms. The molecule has 0 saturated heterocycles. The molecule has 96 valence electrons. The Hall–Kier alpha value is -1.09. The summed E-state index contributed by atoms with van der Waals surface area (Å²) < 4.78 is 1.33. The van der Waals surface area contributed by atoms with Gasteiger partial charge in [-0.3, -0.25) is 0 Å². The smallest absolute Gasteiger partial charge is 0.134 e. The van der Waals surface area contributed by atoms with E-state index in [2.05, 4.69) is 27.8 Å². The largest absolute Gasteiger partial charge is 0.367 e. The van der Waals surface area contributed by atoms with Crippen molar-refractivity contribution in [2.24, 2.45) is 0 Å². The van der Waals surface area contributed by atoms with Crippen molar-refractivity contribution >= 4 is 27.2 Å². The van der Waals surface area contributed by atoms with Crippen molar-refractivity contribution in [2.75, 3.05) is 5.32 Å². The number of nitrogens with one attached hydrogen (secondary N) is 1. The highest BCUT2D eigenvalue weighted by molar-refractivity contribution is 7.17. The van der Waals surface area contributed by atoms with Crippen molar-refractivity contribution in [1.82, 2.24) is 4.98 Å². The van der Waals surface area contributed by atoms with Gasteiger partial charge in [0.05, 0.1) is 0 Å². The Morgan fingerprint density at radius 3 is 2.67 bits per heavy atom. The predicted molar refractivity (Wildman–Crippen MR) is 79.3 cm³/mol. The molecule has 0 atom stereocenters. The average molecular weight is 260 g/mol. The molecular weight excluding hydrogens is 240 g/mol. The van der Waals surface area contributed by atoms with Gasteiger partial charge in [-0.15, -0.1) is 11.3 Å². The molecule has 1 aliphatic carbocycles. The van der Waals surface area contributed by atoms with E-state index in [1.165, 1.54) is 55.0 Å². The van der Waals surface area contributed by atoms with Crippen molar-refractivity contribution in [2.45, 2.75) is 51.0 Å². The number of pyridine rings is 1. The van der Waals surface area contributed by atoms with Gasteiger partial charge in [0.1, 0.15) is 5.82 Å². The minimum absolute atomic E-state index is 0.614. The summed E-state index contributed by atoms with van der Waals surface area (Å²) in [5, 5.41) is 7.10. The Kier molecular flexibility index (Phi) is 3.79. The standard InChI is InChI=1S/C15H20N2S/c1-2-4-6-12(7-5-3-1)17-15-13-9-11-18-14(13)8-10-16-15/h8-12H,1-7H2,(H,16,17). The van der Waals surface area contributed by atoms with Gasteiger partial charge in [0.15, 0.2) is 0 Å². The summed E-state index contributed by atoms with van der Waals surface area (Å²) in [6.45, 7) is 0. The van der Waals surface area contributed by atoms with Crippen LogP contribution in [0.2, 0.25) is 0 Å². The molecule has 3 rings (SSSR count). The van der Waals surface area contributed by atoms with E-state index in [0.717, 1.165) is 5.82 Å². The molecule has 0 amide bonds. The molecule has 1 N–H and O–H groups in total. The van der Waals surface area contributed by atoms with Crippen molar-refractivity contribution in [1.29, 1.82) is 0 Å². The van der Waals surface area contributed by atoms with Crippen LogP contribution in [0, 0.1) is 0 Å². The van der Waals surface area contributed by atoms with Gasteiger partial charge >= 0.3 is 0 Å². The van der Waals surface area contributed by atoms with E-state index in [0.29, 0.717) is 6.04 Å². The molecule has 0 aromatic carbocycles. The topological polar surface area (TPSA) is 24.9 Å². The maximum absolute atomic E-state index is 4.52. The zero-order valence-corrected chi connectivity index (χ0v) is 11.5. The molecule has 2 heterocycles. The molecule has 2 aromatic heterocycles. The van der Waals surface area contributed by atoms with Gasteiger partial charge in [-0.1, -0.05) is 32.1 Å². The molecule has 0 spiro atoms. The zero-order valence-electron chi connectivity index (χ0n) is 10.7. The van der Waals surface area contributed by atoms with Crippen LogP contribution in [0.15, 0.2) is 23.7 Å². The lowest BCUT2D eigenvalue weighted by Crippen LogP contribution is -2.21. The zero-order chi connectivity index (χ0) is 12.2. The highest BCUT2D eigenvalue weighted by Crippen LogP contribution is 2.28. The molecule has 1 aliphatic rings. The fourth-order valence-electron chi connectivity index (χ4n) is 2.80. The number of fused-ring (bicyclic) bond motifs is 1. The van der Waals surface area contributed by atoms with Gasteiger partial charge in [-0.05, 0) is 30.4 Å². The molecule has 0 bridgehead atoms. The van der Waals surface area contributed by atoms with Gasteiger partial charge in [0, 0.05) is 22.3 Å². The second-order valence-corrected chi connectivity index (χ2v) is 6.13. The van der Waals surface area contributed by atoms with Crippen LogP contribution in [-0.2, 0) is 0 Å². The van der Waals surface area contributed by atoms with E-state index in [-0.39, 0.29) is 0 Å². The van der Waals surface area contributed by atoms with E-state index < -0.39 is 0 Å². The molecule has 2 nitrogen and oxygen atoms in total. The first-order chi connectivity index (χ1) is 8.93. The molecule has 1 saturated carbocycles. The molecular formula is C15H20N2S. The van der Waals surface area contributed by atoms with Crippen molar-refractivity contribution in [3.05, 3.63) is 23.7 Å². The molecule has 1 fully saturated rings. The maximum Gasteiger partial charge on any atom is 0.134 e. The average Bonchev–Trinajstić information content (AvgIpc) is 2.81. The Labute approximate surface area is 112 Å². The molecule has 2 aromatic rings. The monoisotopic (exact) mass is 260 g/mol. The van der Waals surface area contributed by atoms with Gasteiger partial charge in [-0.25, -0.2) is 4.98 Å². The minimum atomic E-state index is 0.614. The Morgan fingerprint density at radius 2 is 1.83 bits per heavy atom. The molecule has 0 aliphatic heterocycles. The van der Waals surface area contributed by atoms with Crippen molar-refractivity contribution in [3.8, 4) is 0 Å². The highest BCUT2D eigenvalue weighted by atomic mass is 32.1. The summed E-state index contributed by atoms with van der Waals surface area (Å²) in [7, 11) is 0. The van der Waals surface area contributed by atoms with Crippen LogP contribution in [0.1, 0.15) is 44.9 Å². The molecule has 0 radical (unpaired) electrons. The quantitative estimate of drug-likeness (QED) is 0.837. The summed E-state index contributed by atoms with van der Waals surface area (Å²) in [6, 6.07) is 4.89. The number of aromatic nitrogens is 1.